The summed E-state index contributed by atoms with van der Waals surface area (Å²) >= 11 is 0. The molecule has 4 fully saturated rings. The quantitative estimate of drug-likeness (QED) is 0.849. The summed E-state index contributed by atoms with van der Waals surface area (Å²) < 4.78 is 0. The number of fused-ring (bicyclic) bond motifs is 2. The number of carbonyl (C=O) groups excluding carboxylic acids is 1. The van der Waals surface area contributed by atoms with E-state index >= 15 is 0 Å². The molecule has 3 saturated heterocycles. The van der Waals surface area contributed by atoms with Crippen LogP contribution in [0.5, 0.6) is 0 Å². The Morgan fingerprint density at radius 1 is 0.800 bits per heavy atom. The third-order valence-electron chi connectivity index (χ3n) is 7.22. The summed E-state index contributed by atoms with van der Waals surface area (Å²) in [6, 6.07) is 1.40. The summed E-state index contributed by atoms with van der Waals surface area (Å²) in [4.78, 5) is 17.7. The van der Waals surface area contributed by atoms with Gasteiger partial charge in [-0.3, -0.25) is 4.79 Å². The van der Waals surface area contributed by atoms with Gasteiger partial charge in [0.05, 0.1) is 0 Å². The molecule has 3 aliphatic heterocycles. The SMILES string of the molecule is O=C(CC1CC2CCC(C1)N2)N1CCCN(CC2CCCCC2)CC1. The minimum absolute atomic E-state index is 0.436. The van der Waals surface area contributed by atoms with E-state index in [-0.39, 0.29) is 0 Å². The van der Waals surface area contributed by atoms with Gasteiger partial charge in [0, 0.05) is 44.7 Å². The van der Waals surface area contributed by atoms with Crippen LogP contribution in [-0.4, -0.2) is 60.5 Å². The van der Waals surface area contributed by atoms with E-state index < -0.39 is 0 Å². The molecule has 0 radical (unpaired) electrons. The zero-order valence-corrected chi connectivity index (χ0v) is 15.9. The van der Waals surface area contributed by atoms with Crippen LogP contribution in [0.15, 0.2) is 0 Å². The summed E-state index contributed by atoms with van der Waals surface area (Å²) in [5.41, 5.74) is 0. The second kappa shape index (κ2) is 8.39. The molecule has 4 heteroatoms. The van der Waals surface area contributed by atoms with E-state index in [2.05, 4.69) is 15.1 Å². The standard InChI is InChI=1S/C21H37N3O/c25-21(15-18-13-19-7-8-20(14-18)22-19)24-10-4-9-23(11-12-24)16-17-5-2-1-3-6-17/h17-20,22H,1-16H2. The lowest BCUT2D eigenvalue weighted by Gasteiger charge is -2.31. The van der Waals surface area contributed by atoms with Gasteiger partial charge in [0.2, 0.25) is 5.91 Å². The van der Waals surface area contributed by atoms with Crippen LogP contribution >= 0.6 is 0 Å². The molecule has 4 rings (SSSR count). The normalized spacial score (nSPS) is 34.9. The molecule has 0 aromatic carbocycles. The highest BCUT2D eigenvalue weighted by Crippen LogP contribution is 2.33. The van der Waals surface area contributed by atoms with Crippen LogP contribution < -0.4 is 5.32 Å². The van der Waals surface area contributed by atoms with Gasteiger partial charge in [-0.05, 0) is 63.3 Å². The van der Waals surface area contributed by atoms with E-state index in [1.54, 1.807) is 0 Å². The van der Waals surface area contributed by atoms with Crippen LogP contribution in [0.2, 0.25) is 0 Å². The maximum Gasteiger partial charge on any atom is 0.222 e. The Hall–Kier alpha value is -0.610. The first-order valence-electron chi connectivity index (χ1n) is 11.0. The van der Waals surface area contributed by atoms with E-state index in [9.17, 15) is 4.79 Å². The topological polar surface area (TPSA) is 35.6 Å². The summed E-state index contributed by atoms with van der Waals surface area (Å²) in [5.74, 6) is 1.99. The summed E-state index contributed by atoms with van der Waals surface area (Å²) in [6.45, 7) is 5.51. The Labute approximate surface area is 153 Å². The molecule has 0 aromatic rings. The van der Waals surface area contributed by atoms with Crippen LogP contribution in [0.3, 0.4) is 0 Å². The number of nitrogens with one attached hydrogen (secondary N) is 1. The molecule has 3 heterocycles. The van der Waals surface area contributed by atoms with Crippen molar-refractivity contribution in [3.8, 4) is 0 Å². The Morgan fingerprint density at radius 2 is 1.56 bits per heavy atom. The monoisotopic (exact) mass is 347 g/mol. The zero-order valence-electron chi connectivity index (χ0n) is 15.9. The van der Waals surface area contributed by atoms with Crippen molar-refractivity contribution < 1.29 is 4.79 Å². The van der Waals surface area contributed by atoms with Gasteiger partial charge in [-0.1, -0.05) is 19.3 Å². The van der Waals surface area contributed by atoms with Gasteiger partial charge in [0.1, 0.15) is 0 Å². The summed E-state index contributed by atoms with van der Waals surface area (Å²) in [7, 11) is 0. The molecule has 142 valence electrons. The van der Waals surface area contributed by atoms with Crippen LogP contribution in [0, 0.1) is 11.8 Å². The molecule has 1 aliphatic carbocycles. The van der Waals surface area contributed by atoms with E-state index in [0.29, 0.717) is 23.9 Å². The number of hydrogen-bond acceptors (Lipinski definition) is 3. The molecule has 0 spiro atoms. The average molecular weight is 348 g/mol. The molecule has 1 amide bonds. The zero-order chi connectivity index (χ0) is 17.1. The van der Waals surface area contributed by atoms with Crippen LogP contribution in [0.1, 0.15) is 70.6 Å². The van der Waals surface area contributed by atoms with E-state index in [1.165, 1.54) is 70.9 Å². The molecule has 4 nitrogen and oxygen atoms in total. The Bertz CT molecular complexity index is 436. The molecular formula is C21H37N3O. The van der Waals surface area contributed by atoms with Crippen molar-refractivity contribution in [2.24, 2.45) is 11.8 Å². The van der Waals surface area contributed by atoms with Gasteiger partial charge in [0.25, 0.3) is 0 Å². The van der Waals surface area contributed by atoms with E-state index in [1.807, 2.05) is 0 Å². The minimum atomic E-state index is 0.436. The van der Waals surface area contributed by atoms with Gasteiger partial charge in [-0.25, -0.2) is 0 Å². The molecule has 1 saturated carbocycles. The fraction of sp³-hybridized carbons (Fsp3) is 0.952. The number of amides is 1. The van der Waals surface area contributed by atoms with E-state index in [0.717, 1.165) is 38.4 Å². The molecule has 2 unspecified atom stereocenters. The first-order chi connectivity index (χ1) is 12.3. The van der Waals surface area contributed by atoms with Crippen molar-refractivity contribution in [2.75, 3.05) is 32.7 Å². The third-order valence-corrected chi connectivity index (χ3v) is 7.22. The molecule has 2 atom stereocenters. The summed E-state index contributed by atoms with van der Waals surface area (Å²) in [6.07, 6.45) is 14.2. The lowest BCUT2D eigenvalue weighted by molar-refractivity contribution is -0.132. The van der Waals surface area contributed by atoms with Gasteiger partial charge < -0.3 is 15.1 Å². The third kappa shape index (κ3) is 4.77. The first kappa shape index (κ1) is 17.8. The predicted molar refractivity (Wildman–Crippen MR) is 101 cm³/mol. The molecule has 2 bridgehead atoms. The van der Waals surface area contributed by atoms with E-state index in [4.69, 9.17) is 0 Å². The lowest BCUT2D eigenvalue weighted by Crippen LogP contribution is -2.41. The Morgan fingerprint density at radius 3 is 2.32 bits per heavy atom. The number of carbonyl (C=O) groups is 1. The Kier molecular flexibility index (Phi) is 5.97. The molecular weight excluding hydrogens is 310 g/mol. The number of piperidine rings is 1. The van der Waals surface area contributed by atoms with Crippen molar-refractivity contribution in [3.05, 3.63) is 0 Å². The highest BCUT2D eigenvalue weighted by Gasteiger charge is 2.35. The van der Waals surface area contributed by atoms with Crippen molar-refractivity contribution in [2.45, 2.75) is 82.7 Å². The maximum atomic E-state index is 12.8. The van der Waals surface area contributed by atoms with Crippen molar-refractivity contribution in [3.63, 3.8) is 0 Å². The Balaban J connectivity index is 1.22. The highest BCUT2D eigenvalue weighted by molar-refractivity contribution is 5.76. The van der Waals surface area contributed by atoms with Gasteiger partial charge in [-0.15, -0.1) is 0 Å². The number of nitrogens with zero attached hydrogens (tertiary/aromatic N) is 2. The van der Waals surface area contributed by atoms with Crippen LogP contribution in [0.4, 0.5) is 0 Å². The second-order valence-electron chi connectivity index (χ2n) is 9.22. The lowest BCUT2D eigenvalue weighted by atomic mass is 9.89. The summed E-state index contributed by atoms with van der Waals surface area (Å²) in [5, 5.41) is 3.70. The fourth-order valence-corrected chi connectivity index (χ4v) is 5.86. The number of hydrogen-bond donors (Lipinski definition) is 1. The second-order valence-corrected chi connectivity index (χ2v) is 9.22. The van der Waals surface area contributed by atoms with Gasteiger partial charge in [0.15, 0.2) is 0 Å². The molecule has 1 N–H and O–H groups in total. The largest absolute Gasteiger partial charge is 0.341 e. The van der Waals surface area contributed by atoms with Gasteiger partial charge in [-0.2, -0.15) is 0 Å². The van der Waals surface area contributed by atoms with Crippen molar-refractivity contribution in [1.29, 1.82) is 0 Å². The first-order valence-corrected chi connectivity index (χ1v) is 11.0. The smallest absolute Gasteiger partial charge is 0.222 e. The van der Waals surface area contributed by atoms with Gasteiger partial charge >= 0.3 is 0 Å². The minimum Gasteiger partial charge on any atom is -0.341 e. The van der Waals surface area contributed by atoms with Crippen LogP contribution in [-0.2, 0) is 4.79 Å². The van der Waals surface area contributed by atoms with Crippen molar-refractivity contribution in [1.82, 2.24) is 15.1 Å². The predicted octanol–water partition coefficient (Wildman–Crippen LogP) is 3.02. The molecule has 25 heavy (non-hydrogen) atoms. The average Bonchev–Trinajstić information content (AvgIpc) is 2.82. The maximum absolute atomic E-state index is 12.8. The van der Waals surface area contributed by atoms with Crippen molar-refractivity contribution >= 4 is 5.91 Å². The highest BCUT2D eigenvalue weighted by atomic mass is 16.2. The van der Waals surface area contributed by atoms with Crippen LogP contribution in [0.25, 0.3) is 0 Å². The number of rotatable bonds is 4. The molecule has 4 aliphatic rings. The fourth-order valence-electron chi connectivity index (χ4n) is 5.86. The molecule has 0 aromatic heterocycles.